The third kappa shape index (κ3) is 2.22. The lowest BCUT2D eigenvalue weighted by atomic mass is 10.0. The summed E-state index contributed by atoms with van der Waals surface area (Å²) >= 11 is 0. The third-order valence-corrected chi connectivity index (χ3v) is 5.25. The van der Waals surface area contributed by atoms with Crippen LogP contribution in [0.4, 0.5) is 0 Å². The van der Waals surface area contributed by atoms with Crippen LogP contribution in [-0.4, -0.2) is 0 Å². The summed E-state index contributed by atoms with van der Waals surface area (Å²) < 4.78 is 8.32. The summed E-state index contributed by atoms with van der Waals surface area (Å²) in [5, 5.41) is 4.78. The number of benzene rings is 3. The highest BCUT2D eigenvalue weighted by molar-refractivity contribution is 6.10. The van der Waals surface area contributed by atoms with Gasteiger partial charge < -0.3 is 4.42 Å². The number of aromatic nitrogens is 1. The molecule has 0 atom stereocenters. The Morgan fingerprint density at radius 1 is 0.769 bits per heavy atom. The Morgan fingerprint density at radius 2 is 1.50 bits per heavy atom. The van der Waals surface area contributed by atoms with Gasteiger partial charge in [0.15, 0.2) is 5.58 Å². The Labute approximate surface area is 152 Å². The van der Waals surface area contributed by atoms with E-state index in [1.165, 1.54) is 43.9 Å². The number of nitrogens with zero attached hydrogens (tertiary/aromatic N) is 1. The molecule has 0 fully saturated rings. The topological polar surface area (TPSA) is 17.0 Å². The van der Waals surface area contributed by atoms with E-state index in [2.05, 4.69) is 92.3 Å². The van der Waals surface area contributed by atoms with Crippen LogP contribution in [0.2, 0.25) is 0 Å². The Bertz CT molecular complexity index is 1310. The fraction of sp³-hybridized carbons (Fsp3) is 0.125. The van der Waals surface area contributed by atoms with E-state index < -0.39 is 0 Å². The smallest absolute Gasteiger partial charge is 0.213 e. The van der Waals surface area contributed by atoms with Crippen LogP contribution in [0.25, 0.3) is 44.0 Å². The summed E-state index contributed by atoms with van der Waals surface area (Å²) in [6, 6.07) is 21.7. The summed E-state index contributed by atoms with van der Waals surface area (Å²) in [4.78, 5) is 0. The van der Waals surface area contributed by atoms with E-state index in [9.17, 15) is 0 Å². The molecule has 126 valence electrons. The summed E-state index contributed by atoms with van der Waals surface area (Å²) in [5.41, 5.74) is 6.90. The highest BCUT2D eigenvalue weighted by Gasteiger charge is 2.18. The van der Waals surface area contributed by atoms with Crippen LogP contribution in [0, 0.1) is 13.8 Å². The first-order chi connectivity index (χ1) is 12.6. The maximum atomic E-state index is 6.16. The van der Waals surface area contributed by atoms with Crippen molar-refractivity contribution < 1.29 is 8.98 Å². The van der Waals surface area contributed by atoms with Gasteiger partial charge in [0.25, 0.3) is 0 Å². The zero-order valence-electron chi connectivity index (χ0n) is 15.2. The van der Waals surface area contributed by atoms with Gasteiger partial charge in [0.1, 0.15) is 12.6 Å². The van der Waals surface area contributed by atoms with Gasteiger partial charge in [-0.15, -0.1) is 0 Å². The molecule has 0 spiro atoms. The lowest BCUT2D eigenvalue weighted by Gasteiger charge is -2.05. The Balaban J connectivity index is 1.84. The van der Waals surface area contributed by atoms with E-state index >= 15 is 0 Å². The molecule has 3 aromatic carbocycles. The fourth-order valence-electron chi connectivity index (χ4n) is 3.92. The van der Waals surface area contributed by atoms with Gasteiger partial charge in [-0.3, -0.25) is 0 Å². The van der Waals surface area contributed by atoms with Crippen molar-refractivity contribution in [1.29, 1.82) is 0 Å². The standard InChI is InChI=1S/C24H20NO/c1-15-8-9-19(16(2)10-15)22-13-21-20-11-17-6-4-5-7-18(17)12-23(20)26-24(21)14-25(22)3/h4-14H,1-3H3/q+1. The molecule has 0 aliphatic rings. The van der Waals surface area contributed by atoms with E-state index in [-0.39, 0.29) is 0 Å². The van der Waals surface area contributed by atoms with Gasteiger partial charge in [-0.2, -0.15) is 4.57 Å². The largest absolute Gasteiger partial charge is 0.450 e. The van der Waals surface area contributed by atoms with E-state index in [0.29, 0.717) is 0 Å². The van der Waals surface area contributed by atoms with Crippen LogP contribution in [0.1, 0.15) is 11.1 Å². The molecule has 2 aromatic heterocycles. The molecule has 2 heteroatoms. The molecule has 0 amide bonds. The van der Waals surface area contributed by atoms with E-state index in [4.69, 9.17) is 4.42 Å². The minimum absolute atomic E-state index is 0.923. The second-order valence-electron chi connectivity index (χ2n) is 7.16. The van der Waals surface area contributed by atoms with E-state index in [1.807, 2.05) is 0 Å². The highest BCUT2D eigenvalue weighted by Crippen LogP contribution is 2.33. The number of furan rings is 1. The number of hydrogen-bond donors (Lipinski definition) is 0. The molecular formula is C24H20NO+. The molecule has 0 bridgehead atoms. The molecule has 0 aliphatic heterocycles. The zero-order chi connectivity index (χ0) is 17.8. The number of pyridine rings is 1. The van der Waals surface area contributed by atoms with Crippen molar-refractivity contribution in [2.45, 2.75) is 13.8 Å². The zero-order valence-corrected chi connectivity index (χ0v) is 15.2. The van der Waals surface area contributed by atoms with Crippen molar-refractivity contribution in [2.75, 3.05) is 0 Å². The first-order valence-electron chi connectivity index (χ1n) is 8.92. The molecule has 0 saturated heterocycles. The quantitative estimate of drug-likeness (QED) is 0.351. The van der Waals surface area contributed by atoms with Crippen molar-refractivity contribution in [3.63, 3.8) is 0 Å². The maximum absolute atomic E-state index is 6.16. The predicted molar refractivity (Wildman–Crippen MR) is 107 cm³/mol. The molecule has 0 saturated carbocycles. The van der Waals surface area contributed by atoms with Gasteiger partial charge in [0.2, 0.25) is 11.9 Å². The number of fused-ring (bicyclic) bond motifs is 4. The van der Waals surface area contributed by atoms with E-state index in [0.717, 1.165) is 11.2 Å². The van der Waals surface area contributed by atoms with Crippen molar-refractivity contribution in [1.82, 2.24) is 0 Å². The van der Waals surface area contributed by atoms with Gasteiger partial charge in [-0.1, -0.05) is 42.0 Å². The molecule has 0 N–H and O–H groups in total. The number of rotatable bonds is 1. The van der Waals surface area contributed by atoms with Crippen LogP contribution >= 0.6 is 0 Å². The third-order valence-electron chi connectivity index (χ3n) is 5.25. The van der Waals surface area contributed by atoms with Crippen LogP contribution in [0.3, 0.4) is 0 Å². The van der Waals surface area contributed by atoms with Gasteiger partial charge in [0.05, 0.1) is 0 Å². The average molecular weight is 338 g/mol. The molecule has 2 nitrogen and oxygen atoms in total. The normalized spacial score (nSPS) is 11.7. The minimum atomic E-state index is 0.923. The summed E-state index contributed by atoms with van der Waals surface area (Å²) in [6.45, 7) is 4.31. The molecule has 0 radical (unpaired) electrons. The van der Waals surface area contributed by atoms with E-state index in [1.54, 1.807) is 0 Å². The summed E-state index contributed by atoms with van der Waals surface area (Å²) in [6.07, 6.45) is 2.09. The maximum Gasteiger partial charge on any atom is 0.213 e. The van der Waals surface area contributed by atoms with Crippen LogP contribution in [-0.2, 0) is 7.05 Å². The van der Waals surface area contributed by atoms with Crippen LogP contribution < -0.4 is 4.57 Å². The van der Waals surface area contributed by atoms with Crippen molar-refractivity contribution in [3.05, 3.63) is 78.0 Å². The predicted octanol–water partition coefficient (Wildman–Crippen LogP) is 5.85. The van der Waals surface area contributed by atoms with Gasteiger partial charge in [-0.25, -0.2) is 0 Å². The molecule has 2 heterocycles. The second kappa shape index (κ2) is 5.43. The Morgan fingerprint density at radius 3 is 2.27 bits per heavy atom. The van der Waals surface area contributed by atoms with Gasteiger partial charge >= 0.3 is 0 Å². The SMILES string of the molecule is Cc1ccc(-c2cc3c(c[n+]2C)oc2cc4ccccc4cc23)c(C)c1. The molecule has 26 heavy (non-hydrogen) atoms. The lowest BCUT2D eigenvalue weighted by molar-refractivity contribution is -0.659. The fourth-order valence-corrected chi connectivity index (χ4v) is 3.92. The van der Waals surface area contributed by atoms with Gasteiger partial charge in [-0.05, 0) is 48.4 Å². The van der Waals surface area contributed by atoms with Crippen molar-refractivity contribution in [2.24, 2.45) is 7.05 Å². The highest BCUT2D eigenvalue weighted by atomic mass is 16.3. The van der Waals surface area contributed by atoms with Gasteiger partial charge in [0, 0.05) is 22.4 Å². The monoisotopic (exact) mass is 338 g/mol. The Hall–Kier alpha value is -3.13. The van der Waals surface area contributed by atoms with Crippen molar-refractivity contribution >= 4 is 32.7 Å². The van der Waals surface area contributed by atoms with Crippen molar-refractivity contribution in [3.8, 4) is 11.3 Å². The first kappa shape index (κ1) is 15.2. The number of hydrogen-bond acceptors (Lipinski definition) is 1. The van der Waals surface area contributed by atoms with Crippen LogP contribution in [0.15, 0.2) is 71.3 Å². The number of aryl methyl sites for hydroxylation is 3. The minimum Gasteiger partial charge on any atom is -0.450 e. The molecular weight excluding hydrogens is 318 g/mol. The summed E-state index contributed by atoms with van der Waals surface area (Å²) in [5.74, 6) is 0. The first-order valence-corrected chi connectivity index (χ1v) is 8.92. The molecule has 5 rings (SSSR count). The Kier molecular flexibility index (Phi) is 3.17. The molecule has 0 unspecified atom stereocenters. The summed E-state index contributed by atoms with van der Waals surface area (Å²) in [7, 11) is 2.08. The second-order valence-corrected chi connectivity index (χ2v) is 7.16. The average Bonchev–Trinajstić information content (AvgIpc) is 2.95. The molecule has 0 aliphatic carbocycles. The van der Waals surface area contributed by atoms with Crippen LogP contribution in [0.5, 0.6) is 0 Å². The lowest BCUT2D eigenvalue weighted by Crippen LogP contribution is -2.30. The molecule has 5 aromatic rings.